The van der Waals surface area contributed by atoms with Crippen LogP contribution in [0.1, 0.15) is 5.56 Å². The van der Waals surface area contributed by atoms with Gasteiger partial charge in [0.2, 0.25) is 5.17 Å². The smallest absolute Gasteiger partial charge is 0.287 e. The molecule has 0 saturated heterocycles. The van der Waals surface area contributed by atoms with Gasteiger partial charge in [-0.15, -0.1) is 0 Å². The van der Waals surface area contributed by atoms with Crippen LogP contribution in [-0.4, -0.2) is 11.1 Å². The molecule has 0 bridgehead atoms. The maximum absolute atomic E-state index is 11.8. The highest BCUT2D eigenvalue weighted by Gasteiger charge is 2.08. The van der Waals surface area contributed by atoms with E-state index < -0.39 is 5.91 Å². The molecule has 1 amide bonds. The van der Waals surface area contributed by atoms with Crippen molar-refractivity contribution in [2.24, 2.45) is 5.10 Å². The van der Waals surface area contributed by atoms with Gasteiger partial charge in [-0.1, -0.05) is 47.5 Å². The molecule has 0 fully saturated rings. The molecule has 0 aliphatic carbocycles. The van der Waals surface area contributed by atoms with Gasteiger partial charge in [-0.3, -0.25) is 10.2 Å². The van der Waals surface area contributed by atoms with E-state index in [1.807, 2.05) is 49.4 Å². The Hall–Kier alpha value is -2.33. The lowest BCUT2D eigenvalue weighted by Gasteiger charge is -2.04. The summed E-state index contributed by atoms with van der Waals surface area (Å²) in [6.45, 7) is 1.99. The third-order valence-electron chi connectivity index (χ3n) is 2.55. The number of halogens is 1. The number of carbonyl (C=O) groups is 1. The van der Waals surface area contributed by atoms with E-state index in [1.54, 1.807) is 12.1 Å². The number of hydrogen-bond acceptors (Lipinski definition) is 3. The zero-order chi connectivity index (χ0) is 14.4. The molecule has 0 aliphatic heterocycles. The minimum absolute atomic E-state index is 0.158. The Bertz CT molecular complexity index is 609. The second-order valence-corrected chi connectivity index (χ2v) is 4.56. The van der Waals surface area contributed by atoms with Crippen molar-refractivity contribution in [2.45, 2.75) is 6.92 Å². The molecule has 0 unspecified atom stereocenters. The fraction of sp³-hybridized carbons (Fsp3) is 0.0667. The molecule has 0 radical (unpaired) electrons. The summed E-state index contributed by atoms with van der Waals surface area (Å²) >= 11 is 5.84. The SMILES string of the molecule is Cc1ccc(N/N=C(/Cl)C(=O)Nc2ccccc2)cc1. The van der Waals surface area contributed by atoms with Gasteiger partial charge in [0.15, 0.2) is 0 Å². The molecule has 0 heterocycles. The highest BCUT2D eigenvalue weighted by molar-refractivity contribution is 6.84. The second kappa shape index (κ2) is 6.73. The minimum Gasteiger partial charge on any atom is -0.320 e. The molecule has 2 rings (SSSR count). The molecule has 0 saturated carbocycles. The molecule has 0 aliphatic rings. The van der Waals surface area contributed by atoms with Crippen molar-refractivity contribution in [1.29, 1.82) is 0 Å². The number of aryl methyl sites for hydroxylation is 1. The lowest BCUT2D eigenvalue weighted by molar-refractivity contribution is -0.110. The van der Waals surface area contributed by atoms with Crippen LogP contribution in [-0.2, 0) is 4.79 Å². The number of nitrogens with one attached hydrogen (secondary N) is 2. The van der Waals surface area contributed by atoms with Gasteiger partial charge in [-0.2, -0.15) is 5.10 Å². The number of benzene rings is 2. The van der Waals surface area contributed by atoms with Crippen molar-refractivity contribution in [2.75, 3.05) is 10.7 Å². The van der Waals surface area contributed by atoms with Crippen molar-refractivity contribution in [1.82, 2.24) is 0 Å². The van der Waals surface area contributed by atoms with E-state index in [0.29, 0.717) is 5.69 Å². The number of nitrogens with zero attached hydrogens (tertiary/aromatic N) is 1. The fourth-order valence-corrected chi connectivity index (χ4v) is 1.59. The maximum Gasteiger partial charge on any atom is 0.287 e. The third kappa shape index (κ3) is 4.10. The first-order chi connectivity index (χ1) is 9.65. The van der Waals surface area contributed by atoms with Crippen LogP contribution in [0.2, 0.25) is 0 Å². The number of carbonyl (C=O) groups excluding carboxylic acids is 1. The number of anilines is 2. The van der Waals surface area contributed by atoms with Crippen LogP contribution in [0.4, 0.5) is 11.4 Å². The maximum atomic E-state index is 11.8. The molecule has 20 heavy (non-hydrogen) atoms. The van der Waals surface area contributed by atoms with Crippen molar-refractivity contribution in [3.63, 3.8) is 0 Å². The fourth-order valence-electron chi connectivity index (χ4n) is 1.50. The number of rotatable bonds is 4. The molecule has 4 nitrogen and oxygen atoms in total. The zero-order valence-corrected chi connectivity index (χ0v) is 11.7. The Morgan fingerprint density at radius 1 is 1.00 bits per heavy atom. The van der Waals surface area contributed by atoms with Crippen LogP contribution in [0, 0.1) is 6.92 Å². The van der Waals surface area contributed by atoms with Crippen LogP contribution >= 0.6 is 11.6 Å². The van der Waals surface area contributed by atoms with Crippen molar-refractivity contribution < 1.29 is 4.79 Å². The third-order valence-corrected chi connectivity index (χ3v) is 2.81. The summed E-state index contributed by atoms with van der Waals surface area (Å²) in [6, 6.07) is 16.7. The minimum atomic E-state index is -0.461. The van der Waals surface area contributed by atoms with E-state index in [4.69, 9.17) is 11.6 Å². The van der Waals surface area contributed by atoms with Gasteiger partial charge >= 0.3 is 0 Å². The molecule has 2 aromatic carbocycles. The first-order valence-electron chi connectivity index (χ1n) is 6.07. The Morgan fingerprint density at radius 3 is 2.30 bits per heavy atom. The summed E-state index contributed by atoms with van der Waals surface area (Å²) in [7, 11) is 0. The summed E-state index contributed by atoms with van der Waals surface area (Å²) in [5.74, 6) is -0.461. The largest absolute Gasteiger partial charge is 0.320 e. The van der Waals surface area contributed by atoms with Gasteiger partial charge in [0, 0.05) is 5.69 Å². The second-order valence-electron chi connectivity index (χ2n) is 4.20. The Labute approximate surface area is 122 Å². The molecule has 0 atom stereocenters. The number of para-hydroxylation sites is 1. The highest BCUT2D eigenvalue weighted by Crippen LogP contribution is 2.09. The van der Waals surface area contributed by atoms with Gasteiger partial charge in [-0.25, -0.2) is 0 Å². The average molecular weight is 288 g/mol. The van der Waals surface area contributed by atoms with E-state index >= 15 is 0 Å². The number of hydrogen-bond donors (Lipinski definition) is 2. The quantitative estimate of drug-likeness (QED) is 0.667. The summed E-state index contributed by atoms with van der Waals surface area (Å²) in [5, 5.41) is 6.33. The molecule has 5 heteroatoms. The Kier molecular flexibility index (Phi) is 4.74. The van der Waals surface area contributed by atoms with Gasteiger partial charge in [0.25, 0.3) is 5.91 Å². The molecule has 2 N–H and O–H groups in total. The van der Waals surface area contributed by atoms with Gasteiger partial charge in [-0.05, 0) is 31.2 Å². The predicted octanol–water partition coefficient (Wildman–Crippen LogP) is 3.60. The van der Waals surface area contributed by atoms with E-state index in [-0.39, 0.29) is 5.17 Å². The topological polar surface area (TPSA) is 53.5 Å². The monoisotopic (exact) mass is 287 g/mol. The van der Waals surface area contributed by atoms with Crippen LogP contribution in [0.5, 0.6) is 0 Å². The van der Waals surface area contributed by atoms with Crippen molar-refractivity contribution >= 4 is 34.1 Å². The standard InChI is InChI=1S/C15H14ClN3O/c1-11-7-9-13(10-8-11)18-19-14(16)15(20)17-12-5-3-2-4-6-12/h2-10,18H,1H3,(H,17,20)/b19-14+. The van der Waals surface area contributed by atoms with Gasteiger partial charge in [0.05, 0.1) is 5.69 Å². The van der Waals surface area contributed by atoms with Crippen LogP contribution in [0.15, 0.2) is 59.7 Å². The van der Waals surface area contributed by atoms with Crippen molar-refractivity contribution in [3.05, 3.63) is 60.2 Å². The zero-order valence-electron chi connectivity index (χ0n) is 10.9. The van der Waals surface area contributed by atoms with E-state index in [0.717, 1.165) is 11.3 Å². The molecular formula is C15H14ClN3O. The van der Waals surface area contributed by atoms with E-state index in [2.05, 4.69) is 15.8 Å². The van der Waals surface area contributed by atoms with Crippen LogP contribution < -0.4 is 10.7 Å². The molecule has 0 aromatic heterocycles. The summed E-state index contributed by atoms with van der Waals surface area (Å²) in [5.41, 5.74) is 5.31. The molecule has 2 aromatic rings. The summed E-state index contributed by atoms with van der Waals surface area (Å²) in [4.78, 5) is 11.8. The first kappa shape index (κ1) is 14.1. The normalized spacial score (nSPS) is 11.0. The van der Waals surface area contributed by atoms with Gasteiger partial charge < -0.3 is 5.32 Å². The lowest BCUT2D eigenvalue weighted by Crippen LogP contribution is -2.19. The number of amides is 1. The molecular weight excluding hydrogens is 274 g/mol. The first-order valence-corrected chi connectivity index (χ1v) is 6.45. The summed E-state index contributed by atoms with van der Waals surface area (Å²) < 4.78 is 0. The highest BCUT2D eigenvalue weighted by atomic mass is 35.5. The van der Waals surface area contributed by atoms with Gasteiger partial charge in [0.1, 0.15) is 0 Å². The average Bonchev–Trinajstić information content (AvgIpc) is 2.47. The van der Waals surface area contributed by atoms with Crippen LogP contribution in [0.25, 0.3) is 0 Å². The number of hydrazone groups is 1. The van der Waals surface area contributed by atoms with Crippen LogP contribution in [0.3, 0.4) is 0 Å². The lowest BCUT2D eigenvalue weighted by atomic mass is 10.2. The van der Waals surface area contributed by atoms with Crippen molar-refractivity contribution in [3.8, 4) is 0 Å². The van der Waals surface area contributed by atoms with E-state index in [9.17, 15) is 4.79 Å². The Balaban J connectivity index is 1.96. The summed E-state index contributed by atoms with van der Waals surface area (Å²) in [6.07, 6.45) is 0. The molecule has 0 spiro atoms. The molecule has 102 valence electrons. The predicted molar refractivity (Wildman–Crippen MR) is 83.2 cm³/mol. The Morgan fingerprint density at radius 2 is 1.65 bits per heavy atom. The van der Waals surface area contributed by atoms with E-state index in [1.165, 1.54) is 0 Å².